The number of carbonyl (C=O) groups excluding carboxylic acids is 1. The minimum Gasteiger partial charge on any atom is -0.483 e. The van der Waals surface area contributed by atoms with Crippen LogP contribution < -0.4 is 20.5 Å². The summed E-state index contributed by atoms with van der Waals surface area (Å²) in [4.78, 5) is 14.7. The van der Waals surface area contributed by atoms with Crippen LogP contribution in [-0.2, 0) is 4.74 Å². The highest BCUT2D eigenvalue weighted by atomic mass is 19.4. The lowest BCUT2D eigenvalue weighted by atomic mass is 9.99. The molecule has 1 aromatic carbocycles. The highest BCUT2D eigenvalue weighted by Crippen LogP contribution is 2.28. The van der Waals surface area contributed by atoms with E-state index in [0.717, 1.165) is 37.8 Å². The SMILES string of the molecule is N=C1CCCC(CN2C=C=c3ccc(C(=O)NCCOCC4CC4)c(OCC(F)(F)F)c3=C2)CC1. The van der Waals surface area contributed by atoms with Gasteiger partial charge in [0.1, 0.15) is 5.75 Å². The van der Waals surface area contributed by atoms with Crippen molar-refractivity contribution >= 4 is 23.6 Å². The van der Waals surface area contributed by atoms with Gasteiger partial charge >= 0.3 is 6.18 Å². The molecule has 2 aliphatic carbocycles. The fourth-order valence-electron chi connectivity index (χ4n) is 4.40. The molecular formula is C26H32F3N3O3. The van der Waals surface area contributed by atoms with Crippen molar-refractivity contribution in [2.75, 3.05) is 32.9 Å². The fraction of sp³-hybridized carbons (Fsp3) is 0.577. The Morgan fingerprint density at radius 1 is 1.17 bits per heavy atom. The van der Waals surface area contributed by atoms with E-state index in [4.69, 9.17) is 14.9 Å². The van der Waals surface area contributed by atoms with Crippen LogP contribution in [0.1, 0.15) is 55.3 Å². The summed E-state index contributed by atoms with van der Waals surface area (Å²) in [5.74, 6) is 0.387. The first-order valence-corrected chi connectivity index (χ1v) is 12.3. The molecule has 6 nitrogen and oxygen atoms in total. The molecule has 1 unspecified atom stereocenters. The third-order valence-corrected chi connectivity index (χ3v) is 6.50. The van der Waals surface area contributed by atoms with E-state index in [1.165, 1.54) is 18.9 Å². The minimum absolute atomic E-state index is 0.0537. The lowest BCUT2D eigenvalue weighted by Crippen LogP contribution is -2.37. The van der Waals surface area contributed by atoms with Gasteiger partial charge in [0.25, 0.3) is 5.91 Å². The molecule has 2 N–H and O–H groups in total. The molecule has 1 amide bonds. The van der Waals surface area contributed by atoms with Crippen LogP contribution in [0.5, 0.6) is 5.75 Å². The van der Waals surface area contributed by atoms with Gasteiger partial charge in [-0.15, -0.1) is 0 Å². The Morgan fingerprint density at radius 3 is 2.77 bits per heavy atom. The van der Waals surface area contributed by atoms with Crippen molar-refractivity contribution in [3.05, 3.63) is 34.3 Å². The summed E-state index contributed by atoms with van der Waals surface area (Å²) >= 11 is 0. The first-order chi connectivity index (χ1) is 16.8. The summed E-state index contributed by atoms with van der Waals surface area (Å²) in [6, 6.07) is 3.15. The number of hydrogen-bond acceptors (Lipinski definition) is 5. The maximum Gasteiger partial charge on any atom is 0.422 e. The monoisotopic (exact) mass is 491 g/mol. The van der Waals surface area contributed by atoms with Crippen molar-refractivity contribution in [1.29, 1.82) is 5.41 Å². The van der Waals surface area contributed by atoms with Gasteiger partial charge in [-0.05, 0) is 68.9 Å². The number of halogens is 3. The van der Waals surface area contributed by atoms with E-state index in [-0.39, 0.29) is 17.9 Å². The second-order valence-electron chi connectivity index (χ2n) is 9.58. The Labute approximate surface area is 203 Å². The predicted octanol–water partition coefficient (Wildman–Crippen LogP) is 3.33. The quantitative estimate of drug-likeness (QED) is 0.389. The van der Waals surface area contributed by atoms with Gasteiger partial charge in [0.2, 0.25) is 0 Å². The summed E-state index contributed by atoms with van der Waals surface area (Å²) in [5.41, 5.74) is 3.95. The molecule has 35 heavy (non-hydrogen) atoms. The Balaban J connectivity index is 1.52. The number of fused-ring (bicyclic) bond motifs is 1. The molecule has 1 aliphatic heterocycles. The van der Waals surface area contributed by atoms with Crippen LogP contribution in [0.15, 0.2) is 18.3 Å². The minimum atomic E-state index is -4.54. The normalized spacial score (nSPS) is 19.9. The number of ether oxygens (including phenoxy) is 2. The molecule has 190 valence electrons. The van der Waals surface area contributed by atoms with Crippen LogP contribution >= 0.6 is 0 Å². The smallest absolute Gasteiger partial charge is 0.422 e. The van der Waals surface area contributed by atoms with Crippen molar-refractivity contribution in [3.8, 4) is 5.75 Å². The molecule has 0 radical (unpaired) electrons. The molecule has 2 fully saturated rings. The first kappa shape index (κ1) is 25.3. The predicted molar refractivity (Wildman–Crippen MR) is 127 cm³/mol. The number of carbonyl (C=O) groups is 1. The number of hydrogen-bond donors (Lipinski definition) is 2. The zero-order chi connectivity index (χ0) is 24.8. The first-order valence-electron chi connectivity index (χ1n) is 12.3. The number of amides is 1. The molecule has 1 heterocycles. The summed E-state index contributed by atoms with van der Waals surface area (Å²) in [6.45, 7) is 0.467. The van der Waals surface area contributed by atoms with Crippen LogP contribution in [0.25, 0.3) is 11.9 Å². The van der Waals surface area contributed by atoms with Gasteiger partial charge in [-0.3, -0.25) is 4.79 Å². The molecule has 0 bridgehead atoms. The Bertz CT molecular complexity index is 1090. The van der Waals surface area contributed by atoms with Gasteiger partial charge < -0.3 is 25.1 Å². The topological polar surface area (TPSA) is 74.7 Å². The highest BCUT2D eigenvalue weighted by molar-refractivity contribution is 5.97. The average molecular weight is 492 g/mol. The van der Waals surface area contributed by atoms with E-state index in [1.54, 1.807) is 18.5 Å². The molecule has 1 atom stereocenters. The summed E-state index contributed by atoms with van der Waals surface area (Å²) in [7, 11) is 0. The Morgan fingerprint density at radius 2 is 2.00 bits per heavy atom. The van der Waals surface area contributed by atoms with Gasteiger partial charge in [-0.1, -0.05) is 5.73 Å². The maximum absolute atomic E-state index is 13.0. The van der Waals surface area contributed by atoms with E-state index in [0.29, 0.717) is 42.0 Å². The molecule has 0 spiro atoms. The third kappa shape index (κ3) is 7.61. The van der Waals surface area contributed by atoms with Crippen molar-refractivity contribution in [1.82, 2.24) is 10.2 Å². The van der Waals surface area contributed by atoms with Gasteiger partial charge in [0.05, 0.1) is 12.2 Å². The lowest BCUT2D eigenvalue weighted by molar-refractivity contribution is -0.153. The van der Waals surface area contributed by atoms with Gasteiger partial charge in [0, 0.05) is 48.2 Å². The van der Waals surface area contributed by atoms with Crippen LogP contribution in [0, 0.1) is 17.2 Å². The van der Waals surface area contributed by atoms with Gasteiger partial charge in [0.15, 0.2) is 6.61 Å². The molecule has 2 saturated carbocycles. The van der Waals surface area contributed by atoms with Crippen LogP contribution in [0.3, 0.4) is 0 Å². The van der Waals surface area contributed by atoms with Crippen molar-refractivity contribution in [2.45, 2.75) is 51.1 Å². The fourth-order valence-corrected chi connectivity index (χ4v) is 4.40. The molecular weight excluding hydrogens is 459 g/mol. The molecule has 0 aromatic heterocycles. The number of rotatable bonds is 10. The van der Waals surface area contributed by atoms with Crippen LogP contribution in [0.2, 0.25) is 0 Å². The van der Waals surface area contributed by atoms with Crippen molar-refractivity contribution in [3.63, 3.8) is 0 Å². The lowest BCUT2D eigenvalue weighted by Gasteiger charge is -2.23. The molecule has 3 aliphatic rings. The second kappa shape index (κ2) is 11.3. The maximum atomic E-state index is 13.0. The van der Waals surface area contributed by atoms with E-state index >= 15 is 0 Å². The zero-order valence-corrected chi connectivity index (χ0v) is 19.8. The van der Waals surface area contributed by atoms with E-state index in [1.807, 2.05) is 4.90 Å². The third-order valence-electron chi connectivity index (χ3n) is 6.50. The summed E-state index contributed by atoms with van der Waals surface area (Å²) in [5, 5.41) is 11.6. The Kier molecular flexibility index (Phi) is 8.19. The molecule has 1 aromatic rings. The number of nitrogens with zero attached hydrogens (tertiary/aromatic N) is 1. The zero-order valence-electron chi connectivity index (χ0n) is 19.8. The Hall–Kier alpha value is -2.77. The van der Waals surface area contributed by atoms with Gasteiger partial charge in [-0.25, -0.2) is 0 Å². The molecule has 4 rings (SSSR count). The second-order valence-corrected chi connectivity index (χ2v) is 9.58. The largest absolute Gasteiger partial charge is 0.483 e. The van der Waals surface area contributed by atoms with E-state index in [2.05, 4.69) is 11.0 Å². The molecule has 9 heteroatoms. The standard InChI is InChI=1S/C26H32F3N3O3/c27-26(28,29)17-35-24-22(25(33)31-11-13-34-16-19-4-5-19)9-7-20-10-12-32(15-23(20)24)14-18-2-1-3-21(30)8-6-18/h7,9,12,15,18-19,30H,1-6,8,11,13-14,16-17H2,(H,31,33). The average Bonchev–Trinajstić information content (AvgIpc) is 3.65. The van der Waals surface area contributed by atoms with Gasteiger partial charge in [-0.2, -0.15) is 13.2 Å². The van der Waals surface area contributed by atoms with Crippen LogP contribution in [0.4, 0.5) is 13.2 Å². The molecule has 0 saturated heterocycles. The highest BCUT2D eigenvalue weighted by Gasteiger charge is 2.30. The summed E-state index contributed by atoms with van der Waals surface area (Å²) in [6.07, 6.45) is 5.80. The van der Waals surface area contributed by atoms with E-state index < -0.39 is 18.7 Å². The van der Waals surface area contributed by atoms with Crippen LogP contribution in [-0.4, -0.2) is 55.6 Å². The number of alkyl halides is 3. The van der Waals surface area contributed by atoms with E-state index in [9.17, 15) is 18.0 Å². The van der Waals surface area contributed by atoms with Crippen molar-refractivity contribution in [2.24, 2.45) is 11.8 Å². The number of nitrogens with one attached hydrogen (secondary N) is 2. The number of benzene rings is 1. The van der Waals surface area contributed by atoms with Crippen molar-refractivity contribution < 1.29 is 27.4 Å². The summed E-state index contributed by atoms with van der Waals surface area (Å²) < 4.78 is 49.8.